The van der Waals surface area contributed by atoms with Crippen LogP contribution in [0.3, 0.4) is 0 Å². The summed E-state index contributed by atoms with van der Waals surface area (Å²) in [4.78, 5) is 11.6. The van der Waals surface area contributed by atoms with Gasteiger partial charge < -0.3 is 0 Å². The average molecular weight is 389 g/mol. The fourth-order valence-electron chi connectivity index (χ4n) is 2.28. The van der Waals surface area contributed by atoms with Crippen molar-refractivity contribution < 1.29 is 8.94 Å². The summed E-state index contributed by atoms with van der Waals surface area (Å²) in [7, 11) is 0. The van der Waals surface area contributed by atoms with Gasteiger partial charge in [0.25, 0.3) is 0 Å². The zero-order valence-corrected chi connectivity index (χ0v) is 15.1. The quantitative estimate of drug-likeness (QED) is 0.509. The third kappa shape index (κ3) is 3.56. The van der Waals surface area contributed by atoms with Crippen molar-refractivity contribution in [1.82, 2.24) is 0 Å². The summed E-state index contributed by atoms with van der Waals surface area (Å²) >= 11 is 3.27. The second-order valence-electron chi connectivity index (χ2n) is 5.04. The second kappa shape index (κ2) is 6.72. The molecule has 0 bridgehead atoms. The summed E-state index contributed by atoms with van der Waals surface area (Å²) in [5, 5.41) is 2.13. The van der Waals surface area contributed by atoms with Crippen LogP contribution in [0.4, 0.5) is 0 Å². The molecule has 0 atom stereocenters. The molecule has 3 rings (SSSR count). The van der Waals surface area contributed by atoms with E-state index in [0.717, 1.165) is 10.6 Å². The first kappa shape index (κ1) is 16.0. The van der Waals surface area contributed by atoms with Gasteiger partial charge in [0.15, 0.2) is 0 Å². The first-order valence-electron chi connectivity index (χ1n) is 7.10. The molecule has 0 aliphatic rings. The zero-order valence-electron chi connectivity index (χ0n) is 12.5. The van der Waals surface area contributed by atoms with Crippen LogP contribution in [-0.4, -0.2) is 15.1 Å². The van der Waals surface area contributed by atoms with Crippen LogP contribution in [0.5, 0.6) is 5.75 Å². The van der Waals surface area contributed by atoms with Crippen molar-refractivity contribution in [3.05, 3.63) is 89.0 Å². The van der Waals surface area contributed by atoms with Gasteiger partial charge in [0.1, 0.15) is 0 Å². The Bertz CT molecular complexity index is 861. The average Bonchev–Trinajstić information content (AvgIpc) is 2.55. The minimum atomic E-state index is -2.24. The van der Waals surface area contributed by atoms with Gasteiger partial charge in [-0.15, -0.1) is 0 Å². The normalized spacial score (nSPS) is 11.2. The molecule has 1 aromatic heterocycles. The van der Waals surface area contributed by atoms with E-state index in [0.29, 0.717) is 11.5 Å². The molecule has 116 valence electrons. The molecule has 0 radical (unpaired) electrons. The molecule has 0 aliphatic carbocycles. The van der Waals surface area contributed by atoms with E-state index in [-0.39, 0.29) is 0 Å². The van der Waals surface area contributed by atoms with Gasteiger partial charge in [-0.1, -0.05) is 0 Å². The minimum absolute atomic E-state index is 0.410. The van der Waals surface area contributed by atoms with E-state index in [1.165, 1.54) is 6.07 Å². The summed E-state index contributed by atoms with van der Waals surface area (Å²) in [6.45, 7) is 1.73. The van der Waals surface area contributed by atoms with Crippen LogP contribution in [0, 0.1) is 6.92 Å². The Labute approximate surface area is 142 Å². The molecule has 5 heteroatoms. The Hall–Kier alpha value is -1.86. The van der Waals surface area contributed by atoms with Gasteiger partial charge >= 0.3 is 142 Å². The number of hydrogen-bond donors (Lipinski definition) is 0. The summed E-state index contributed by atoms with van der Waals surface area (Å²) < 4.78 is 11.3. The molecule has 0 aliphatic heterocycles. The van der Waals surface area contributed by atoms with E-state index in [1.807, 2.05) is 60.7 Å². The van der Waals surface area contributed by atoms with Crippen molar-refractivity contribution in [2.75, 3.05) is 0 Å². The molecule has 0 amide bonds. The van der Waals surface area contributed by atoms with Crippen LogP contribution in [0.15, 0.2) is 82.0 Å². The van der Waals surface area contributed by atoms with Crippen molar-refractivity contribution in [2.24, 2.45) is 0 Å². The van der Waals surface area contributed by atoms with Gasteiger partial charge in [-0.2, -0.15) is 0 Å². The van der Waals surface area contributed by atoms with E-state index in [2.05, 4.69) is 15.1 Å². The van der Waals surface area contributed by atoms with Crippen LogP contribution in [0.1, 0.15) is 5.76 Å². The maximum absolute atomic E-state index is 11.6. The first-order valence-corrected chi connectivity index (χ1v) is 11.0. The fourth-order valence-corrected chi connectivity index (χ4v) is 6.39. The number of rotatable bonds is 4. The standard InChI is InChI=1S/C18H15O3PSe/c1-14-12-15(13-18(19)20-14)21-22(23,16-8-4-2-5-9-16)17-10-6-3-7-11-17/h2-13H,1H3. The van der Waals surface area contributed by atoms with E-state index in [1.54, 1.807) is 13.0 Å². The van der Waals surface area contributed by atoms with Gasteiger partial charge in [-0.05, 0) is 0 Å². The SMILES string of the molecule is Cc1cc(OP(=[Se])(c2ccccc2)c2ccccc2)cc(=O)o1. The van der Waals surface area contributed by atoms with Gasteiger partial charge in [0.05, 0.1) is 0 Å². The molecule has 23 heavy (non-hydrogen) atoms. The first-order chi connectivity index (χ1) is 11.1. The number of hydrogen-bond acceptors (Lipinski definition) is 3. The molecule has 0 spiro atoms. The van der Waals surface area contributed by atoms with Crippen molar-refractivity contribution in [2.45, 2.75) is 6.92 Å². The molecule has 0 N–H and O–H groups in total. The molecule has 0 saturated heterocycles. The Kier molecular flexibility index (Phi) is 4.68. The number of aryl methyl sites for hydroxylation is 1. The van der Waals surface area contributed by atoms with Crippen molar-refractivity contribution in [1.29, 1.82) is 0 Å². The summed E-state index contributed by atoms with van der Waals surface area (Å²) in [6.07, 6.45) is 0. The molecule has 2 aromatic carbocycles. The third-order valence-electron chi connectivity index (χ3n) is 3.29. The molecule has 1 heterocycles. The van der Waals surface area contributed by atoms with Crippen molar-refractivity contribution in [3.63, 3.8) is 0 Å². The summed E-state index contributed by atoms with van der Waals surface area (Å²) in [5.41, 5.74) is -2.65. The van der Waals surface area contributed by atoms with E-state index in [9.17, 15) is 4.79 Å². The zero-order chi connectivity index (χ0) is 16.3. The van der Waals surface area contributed by atoms with Gasteiger partial charge in [-0.25, -0.2) is 0 Å². The van der Waals surface area contributed by atoms with Crippen LogP contribution in [0.2, 0.25) is 0 Å². The summed E-state index contributed by atoms with van der Waals surface area (Å²) in [6, 6.07) is 23.1. The predicted molar refractivity (Wildman–Crippen MR) is 95.2 cm³/mol. The summed E-state index contributed by atoms with van der Waals surface area (Å²) in [5.74, 6) is 1.04. The molecule has 3 aromatic rings. The molecular weight excluding hydrogens is 374 g/mol. The van der Waals surface area contributed by atoms with E-state index < -0.39 is 11.4 Å². The second-order valence-corrected chi connectivity index (χ2v) is 10.6. The Balaban J connectivity index is 2.13. The van der Waals surface area contributed by atoms with E-state index in [4.69, 9.17) is 8.94 Å². The van der Waals surface area contributed by atoms with Crippen LogP contribution >= 0.6 is 5.74 Å². The molecule has 0 unspecified atom stereocenters. The third-order valence-corrected chi connectivity index (χ3v) is 8.84. The Morgan fingerprint density at radius 3 is 1.91 bits per heavy atom. The van der Waals surface area contributed by atoms with Gasteiger partial charge in [0, 0.05) is 0 Å². The Morgan fingerprint density at radius 2 is 1.43 bits per heavy atom. The maximum atomic E-state index is 11.6. The van der Waals surface area contributed by atoms with E-state index >= 15 is 0 Å². The van der Waals surface area contributed by atoms with Gasteiger partial charge in [-0.3, -0.25) is 0 Å². The van der Waals surface area contributed by atoms with Crippen LogP contribution in [-0.2, 0) is 0 Å². The van der Waals surface area contributed by atoms with Crippen LogP contribution < -0.4 is 20.8 Å². The predicted octanol–water partition coefficient (Wildman–Crippen LogP) is 2.99. The monoisotopic (exact) mass is 390 g/mol. The van der Waals surface area contributed by atoms with Crippen molar-refractivity contribution in [3.8, 4) is 5.75 Å². The topological polar surface area (TPSA) is 39.4 Å². The fraction of sp³-hybridized carbons (Fsp3) is 0.0556. The Morgan fingerprint density at radius 1 is 0.913 bits per heavy atom. The molecular formula is C18H15O3PSe. The molecule has 0 fully saturated rings. The molecule has 3 nitrogen and oxygen atoms in total. The van der Waals surface area contributed by atoms with Crippen molar-refractivity contribution >= 4 is 31.4 Å². The molecule has 0 saturated carbocycles. The van der Waals surface area contributed by atoms with Gasteiger partial charge in [0.2, 0.25) is 0 Å². The van der Waals surface area contributed by atoms with Crippen LogP contribution in [0.25, 0.3) is 0 Å². The number of benzene rings is 2.